The third kappa shape index (κ3) is 19.8. The molecule has 17 heteroatoms. The minimum absolute atomic E-state index is 0. The fourth-order valence-electron chi connectivity index (χ4n) is 0. The maximum absolute atomic E-state index is 10.4. The van der Waals surface area contributed by atoms with Gasteiger partial charge in [-0.25, -0.2) is 0 Å². The minimum atomic E-state index is -6.06. The first kappa shape index (κ1) is 28.9. The Bertz CT molecular complexity index is 245. The normalized spacial score (nSPS) is 13.8. The van der Waals surface area contributed by atoms with Gasteiger partial charge in [0.1, 0.15) is 0 Å². The van der Waals surface area contributed by atoms with E-state index >= 15 is 0 Å². The molecule has 0 amide bonds. The second-order valence-electron chi connectivity index (χ2n) is 2.25. The number of hydrogen-bond acceptors (Lipinski definition) is 2. The maximum atomic E-state index is 10.4. The number of hydrogen-bond donors (Lipinski definition) is 1. The van der Waals surface area contributed by atoms with Crippen molar-refractivity contribution < 1.29 is 81.7 Å². The summed E-state index contributed by atoms with van der Waals surface area (Å²) in [5, 5.41) is 4.03. The van der Waals surface area contributed by atoms with Crippen LogP contribution in [-0.2, 0) is 11.3 Å². The largest absolute Gasteiger partial charge is 1.00 e. The van der Waals surface area contributed by atoms with Crippen LogP contribution in [0.2, 0.25) is 0 Å². The molecule has 1 atom stereocenters. The van der Waals surface area contributed by atoms with Crippen molar-refractivity contribution in [1.82, 2.24) is 0 Å². The number of rotatable bonds is 0. The van der Waals surface area contributed by atoms with Crippen LogP contribution in [0.3, 0.4) is 0 Å². The number of halogens is 12. The van der Waals surface area contributed by atoms with Crippen LogP contribution in [-0.4, -0.2) is 33.5 Å². The van der Waals surface area contributed by atoms with E-state index in [9.17, 15) is 52.7 Å². The summed E-state index contributed by atoms with van der Waals surface area (Å²) >= 11 is -2.36. The van der Waals surface area contributed by atoms with Crippen LogP contribution in [0.4, 0.5) is 52.7 Å². The molecule has 0 saturated carbocycles. The van der Waals surface area contributed by atoms with E-state index < -0.39 is 36.0 Å². The van der Waals surface area contributed by atoms with Crippen molar-refractivity contribution in [1.29, 1.82) is 0 Å². The van der Waals surface area contributed by atoms with Crippen molar-refractivity contribution in [3.05, 3.63) is 0 Å². The Hall–Kier alpha value is -0.173. The van der Waals surface area contributed by atoms with E-state index in [0.29, 0.717) is 0 Å². The molecule has 0 radical (unpaired) electrons. The summed E-state index contributed by atoms with van der Waals surface area (Å²) in [7, 11) is 0. The molecule has 3 nitrogen and oxygen atoms in total. The Morgan fingerprint density at radius 3 is 0.714 bits per heavy atom. The first-order valence-corrected chi connectivity index (χ1v) is 4.47. The zero-order chi connectivity index (χ0) is 17.6. The second-order valence-corrected chi connectivity index (χ2v) is 2.77. The molecule has 2 N–H and O–H groups in total. The van der Waals surface area contributed by atoms with Crippen molar-refractivity contribution in [2.75, 3.05) is 0 Å². The molecule has 0 aromatic heterocycles. The Balaban J connectivity index is -0.0000000661. The quantitative estimate of drug-likeness (QED) is 0.376. The summed E-state index contributed by atoms with van der Waals surface area (Å²) < 4.78 is 143. The van der Waals surface area contributed by atoms with Crippen molar-refractivity contribution >= 4 is 11.3 Å². The Labute approximate surface area is 123 Å². The molecule has 128 valence electrons. The van der Waals surface area contributed by atoms with Crippen molar-refractivity contribution in [3.63, 3.8) is 0 Å². The SMILES string of the molecule is FC(F)(F)C(F)(F)F.FC(F)(F)C(F)(F)F.NS(=O)[O-].[H-].[Li+]. The maximum Gasteiger partial charge on any atom is 1.00 e. The molecular weight excluding hydrogens is 361 g/mol. The zero-order valence-corrected chi connectivity index (χ0v) is 10.2. The van der Waals surface area contributed by atoms with Crippen LogP contribution < -0.4 is 24.0 Å². The van der Waals surface area contributed by atoms with Gasteiger partial charge in [0.25, 0.3) is 0 Å². The molecule has 0 aromatic rings. The summed E-state index contributed by atoms with van der Waals surface area (Å²) in [6.45, 7) is 0. The van der Waals surface area contributed by atoms with Gasteiger partial charge < -0.3 is 5.98 Å². The topological polar surface area (TPSA) is 66.2 Å². The van der Waals surface area contributed by atoms with E-state index in [1.165, 1.54) is 0 Å². The van der Waals surface area contributed by atoms with Gasteiger partial charge in [-0.3, -0.25) is 9.35 Å². The summed E-state index contributed by atoms with van der Waals surface area (Å²) in [5.41, 5.74) is 0. The Kier molecular flexibility index (Phi) is 13.4. The van der Waals surface area contributed by atoms with E-state index in [1.807, 2.05) is 0 Å². The summed E-state index contributed by atoms with van der Waals surface area (Å²) in [5.74, 6) is 0. The van der Waals surface area contributed by atoms with Crippen LogP contribution in [0.25, 0.3) is 0 Å². The monoisotopic (exact) mass is 364 g/mol. The molecule has 0 aliphatic rings. The van der Waals surface area contributed by atoms with E-state index in [4.69, 9.17) is 8.76 Å². The van der Waals surface area contributed by atoms with Gasteiger partial charge in [-0.15, -0.1) is 0 Å². The van der Waals surface area contributed by atoms with Crippen LogP contribution >= 0.6 is 0 Å². The fraction of sp³-hybridized carbons (Fsp3) is 1.00. The Morgan fingerprint density at radius 1 is 0.667 bits per heavy atom. The van der Waals surface area contributed by atoms with Crippen molar-refractivity contribution in [2.45, 2.75) is 24.7 Å². The standard InChI is InChI=1S/2C2F6.Li.H3NO2S.H/c2*3-1(4,5)2(6,7)8;;1-4(2)3;/h;;;1H2,(H,2,3);/q;;+1;;-1/p-1. The van der Waals surface area contributed by atoms with Gasteiger partial charge in [0, 0.05) is 11.3 Å². The van der Waals surface area contributed by atoms with Gasteiger partial charge in [-0.2, -0.15) is 52.7 Å². The van der Waals surface area contributed by atoms with E-state index in [0.717, 1.165) is 0 Å². The van der Waals surface area contributed by atoms with Gasteiger partial charge in [0.05, 0.1) is 0 Å². The van der Waals surface area contributed by atoms with Crippen LogP contribution in [0.1, 0.15) is 1.43 Å². The minimum Gasteiger partial charge on any atom is -1.00 e. The van der Waals surface area contributed by atoms with Crippen molar-refractivity contribution in [2.24, 2.45) is 5.14 Å². The average molecular weight is 364 g/mol. The molecule has 0 bridgehead atoms. The molecule has 0 saturated heterocycles. The van der Waals surface area contributed by atoms with Gasteiger partial charge >= 0.3 is 43.6 Å². The van der Waals surface area contributed by atoms with E-state index in [-0.39, 0.29) is 20.3 Å². The van der Waals surface area contributed by atoms with Crippen molar-refractivity contribution in [3.8, 4) is 0 Å². The Morgan fingerprint density at radius 2 is 0.714 bits per heavy atom. The third-order valence-electron chi connectivity index (χ3n) is 0.643. The molecule has 0 heterocycles. The molecule has 1 unspecified atom stereocenters. The second kappa shape index (κ2) is 9.77. The third-order valence-corrected chi connectivity index (χ3v) is 0.643. The predicted octanol–water partition coefficient (Wildman–Crippen LogP) is 0.0777. The van der Waals surface area contributed by atoms with Gasteiger partial charge in [-0.05, 0) is 0 Å². The van der Waals surface area contributed by atoms with Crippen LogP contribution in [0, 0.1) is 0 Å². The van der Waals surface area contributed by atoms with Gasteiger partial charge in [-0.1, -0.05) is 0 Å². The van der Waals surface area contributed by atoms with Crippen LogP contribution in [0.15, 0.2) is 0 Å². The fourth-order valence-corrected chi connectivity index (χ4v) is 0. The summed E-state index contributed by atoms with van der Waals surface area (Å²) in [4.78, 5) is 0. The zero-order valence-electron chi connectivity index (χ0n) is 10.3. The molecule has 0 aliphatic heterocycles. The summed E-state index contributed by atoms with van der Waals surface area (Å²) in [6.07, 6.45) is -24.2. The molecule has 0 aromatic carbocycles. The molecule has 0 rings (SSSR count). The molecular formula is C4H3F12LiNO2S-. The van der Waals surface area contributed by atoms with Gasteiger partial charge in [0.15, 0.2) is 0 Å². The summed E-state index contributed by atoms with van der Waals surface area (Å²) in [6, 6.07) is 0. The molecule has 0 fully saturated rings. The van der Waals surface area contributed by atoms with E-state index in [2.05, 4.69) is 5.14 Å². The molecule has 0 spiro atoms. The average Bonchev–Trinajstić information content (AvgIpc) is 1.94. The molecule has 21 heavy (non-hydrogen) atoms. The first-order chi connectivity index (χ1) is 8.23. The smallest absolute Gasteiger partial charge is 1.00 e. The molecule has 0 aliphatic carbocycles. The predicted molar refractivity (Wildman–Crippen MR) is 38.4 cm³/mol. The van der Waals surface area contributed by atoms with Gasteiger partial charge in [0.2, 0.25) is 0 Å². The first-order valence-electron chi connectivity index (χ1n) is 3.34. The van der Waals surface area contributed by atoms with E-state index in [1.54, 1.807) is 0 Å². The van der Waals surface area contributed by atoms with Crippen LogP contribution in [0.5, 0.6) is 0 Å². The number of nitrogens with two attached hydrogens (primary N) is 1. The number of alkyl halides is 12.